The van der Waals surface area contributed by atoms with Crippen molar-refractivity contribution in [2.24, 2.45) is 0 Å². The van der Waals surface area contributed by atoms with Crippen molar-refractivity contribution in [3.63, 3.8) is 0 Å². The number of anilines is 1. The van der Waals surface area contributed by atoms with Gasteiger partial charge in [-0.1, -0.05) is 6.07 Å². The van der Waals surface area contributed by atoms with Crippen LogP contribution in [-0.4, -0.2) is 63.2 Å². The zero-order chi connectivity index (χ0) is 26.0. The number of carbonyl (C=O) groups excluding carboxylic acids is 1. The molecule has 36 heavy (non-hydrogen) atoms. The number of rotatable bonds is 6. The van der Waals surface area contributed by atoms with E-state index in [1.807, 2.05) is 0 Å². The van der Waals surface area contributed by atoms with Crippen LogP contribution in [0.4, 0.5) is 18.9 Å². The fourth-order valence-corrected chi connectivity index (χ4v) is 3.88. The number of aromatic nitrogens is 2. The van der Waals surface area contributed by atoms with Crippen molar-refractivity contribution in [2.45, 2.75) is 30.8 Å². The maximum Gasteiger partial charge on any atom is 0.274 e. The number of ether oxygens (including phenoxy) is 2. The summed E-state index contributed by atoms with van der Waals surface area (Å²) in [6.45, 7) is -0.561. The molecule has 1 aromatic carbocycles. The zero-order valence-corrected chi connectivity index (χ0v) is 18.9. The predicted octanol–water partition coefficient (Wildman–Crippen LogP) is 2.37. The van der Waals surface area contributed by atoms with Gasteiger partial charge in [-0.25, -0.2) is 23.1 Å². The summed E-state index contributed by atoms with van der Waals surface area (Å²) in [6.07, 6.45) is -3.23. The quantitative estimate of drug-likeness (QED) is 0.401. The van der Waals surface area contributed by atoms with Crippen molar-refractivity contribution < 1.29 is 42.8 Å². The van der Waals surface area contributed by atoms with Crippen LogP contribution in [0.15, 0.2) is 42.6 Å². The molecule has 4 atom stereocenters. The van der Waals surface area contributed by atoms with E-state index in [9.17, 15) is 33.3 Å². The highest BCUT2D eigenvalue weighted by atomic mass is 19.1. The van der Waals surface area contributed by atoms with E-state index in [1.54, 1.807) is 0 Å². The Morgan fingerprint density at radius 2 is 1.89 bits per heavy atom. The highest BCUT2D eigenvalue weighted by Gasteiger charge is 2.38. The molecule has 3 heterocycles. The van der Waals surface area contributed by atoms with Gasteiger partial charge in [0, 0.05) is 24.2 Å². The van der Waals surface area contributed by atoms with Gasteiger partial charge in [0.05, 0.1) is 37.2 Å². The van der Waals surface area contributed by atoms with Gasteiger partial charge in [-0.05, 0) is 24.3 Å². The second kappa shape index (κ2) is 10.6. The van der Waals surface area contributed by atoms with Gasteiger partial charge in [0.1, 0.15) is 41.0 Å². The number of hydrogen-bond donors (Lipinski definition) is 4. The molecule has 12 heteroatoms. The first-order chi connectivity index (χ1) is 17.2. The van der Waals surface area contributed by atoms with Gasteiger partial charge in [0.15, 0.2) is 0 Å². The van der Waals surface area contributed by atoms with Gasteiger partial charge in [-0.2, -0.15) is 0 Å². The molecule has 0 saturated carbocycles. The Kier molecular flexibility index (Phi) is 7.50. The van der Waals surface area contributed by atoms with Crippen LogP contribution in [0.1, 0.15) is 28.6 Å². The lowest BCUT2D eigenvalue weighted by Gasteiger charge is -2.37. The van der Waals surface area contributed by atoms with Crippen LogP contribution < -0.4 is 10.1 Å². The van der Waals surface area contributed by atoms with Crippen molar-refractivity contribution in [1.82, 2.24) is 9.97 Å². The second-order valence-corrected chi connectivity index (χ2v) is 8.03. The Morgan fingerprint density at radius 3 is 2.56 bits per heavy atom. The third kappa shape index (κ3) is 5.02. The first kappa shape index (κ1) is 25.5. The molecule has 1 fully saturated rings. The monoisotopic (exact) mass is 505 g/mol. The number of aliphatic hydroxyl groups excluding tert-OH is 3. The first-order valence-electron chi connectivity index (χ1n) is 10.8. The minimum atomic E-state index is -1.31. The smallest absolute Gasteiger partial charge is 0.274 e. The minimum Gasteiger partial charge on any atom is -0.481 e. The standard InChI is InChI=1S/C24H22F3N3O6/c1-35-20-7-16(11(9-28-20)18-8-17(32)23(33)19(10-31)36-18)30-24(34)15-6-5-14(27)22(29-15)21-12(25)3-2-4-13(21)26/h2-7,9,17-19,23,31-33H,8,10H2,1H3,(H,28,30,34). The molecular formula is C24H22F3N3O6. The van der Waals surface area contributed by atoms with Crippen molar-refractivity contribution in [1.29, 1.82) is 0 Å². The normalized spacial score (nSPS) is 21.8. The highest BCUT2D eigenvalue weighted by molar-refractivity contribution is 6.03. The number of halogens is 3. The maximum absolute atomic E-state index is 14.4. The molecule has 4 N–H and O–H groups in total. The number of nitrogens with one attached hydrogen (secondary N) is 1. The summed E-state index contributed by atoms with van der Waals surface area (Å²) in [5.41, 5.74) is -1.32. The Balaban J connectivity index is 1.68. The number of hydrogen-bond acceptors (Lipinski definition) is 8. The summed E-state index contributed by atoms with van der Waals surface area (Å²) in [5.74, 6) is -3.86. The van der Waals surface area contributed by atoms with Crippen molar-refractivity contribution in [3.8, 4) is 17.1 Å². The number of benzene rings is 1. The lowest BCUT2D eigenvalue weighted by molar-refractivity contribution is -0.181. The van der Waals surface area contributed by atoms with E-state index >= 15 is 0 Å². The third-order valence-electron chi connectivity index (χ3n) is 5.74. The summed E-state index contributed by atoms with van der Waals surface area (Å²) in [7, 11) is 1.35. The van der Waals surface area contributed by atoms with Gasteiger partial charge in [0.25, 0.3) is 5.91 Å². The van der Waals surface area contributed by atoms with E-state index < -0.39 is 65.6 Å². The fourth-order valence-electron chi connectivity index (χ4n) is 3.88. The lowest BCUT2D eigenvalue weighted by Crippen LogP contribution is -2.47. The van der Waals surface area contributed by atoms with Crippen LogP contribution in [-0.2, 0) is 4.74 Å². The van der Waals surface area contributed by atoms with Crippen LogP contribution in [0.25, 0.3) is 11.3 Å². The molecular weight excluding hydrogens is 483 g/mol. The number of amides is 1. The molecule has 1 aliphatic heterocycles. The van der Waals surface area contributed by atoms with Crippen LogP contribution in [0.2, 0.25) is 0 Å². The van der Waals surface area contributed by atoms with E-state index in [-0.39, 0.29) is 29.2 Å². The predicted molar refractivity (Wildman–Crippen MR) is 120 cm³/mol. The van der Waals surface area contributed by atoms with E-state index in [0.717, 1.165) is 30.3 Å². The Bertz CT molecular complexity index is 1260. The number of aliphatic hydroxyl groups is 3. The Hall–Kier alpha value is -3.58. The summed E-state index contributed by atoms with van der Waals surface area (Å²) < 4.78 is 53.6. The summed E-state index contributed by atoms with van der Waals surface area (Å²) in [6, 6.07) is 6.28. The summed E-state index contributed by atoms with van der Waals surface area (Å²) in [4.78, 5) is 21.0. The van der Waals surface area contributed by atoms with Crippen LogP contribution >= 0.6 is 0 Å². The molecule has 190 valence electrons. The maximum atomic E-state index is 14.4. The molecule has 1 saturated heterocycles. The van der Waals surface area contributed by atoms with Gasteiger partial charge in [0.2, 0.25) is 5.88 Å². The van der Waals surface area contributed by atoms with Crippen LogP contribution in [0, 0.1) is 17.5 Å². The number of pyridine rings is 2. The molecule has 0 aliphatic carbocycles. The van der Waals surface area contributed by atoms with Crippen molar-refractivity contribution >= 4 is 11.6 Å². The molecule has 1 amide bonds. The number of carbonyl (C=O) groups is 1. The SMILES string of the molecule is COc1cc(NC(=O)c2ccc(F)c(-c3c(F)cccc3F)n2)c(C2CC(O)C(O)C(CO)O2)cn1. The molecule has 1 aliphatic rings. The van der Waals surface area contributed by atoms with E-state index in [0.29, 0.717) is 0 Å². The number of methoxy groups -OCH3 is 1. The second-order valence-electron chi connectivity index (χ2n) is 8.03. The van der Waals surface area contributed by atoms with Crippen LogP contribution in [0.3, 0.4) is 0 Å². The van der Waals surface area contributed by atoms with Gasteiger partial charge in [-0.15, -0.1) is 0 Å². The topological polar surface area (TPSA) is 134 Å². The molecule has 4 rings (SSSR count). The van der Waals surface area contributed by atoms with E-state index in [2.05, 4.69) is 15.3 Å². The van der Waals surface area contributed by atoms with Gasteiger partial charge >= 0.3 is 0 Å². The van der Waals surface area contributed by atoms with E-state index in [1.165, 1.54) is 19.4 Å². The molecule has 0 spiro atoms. The molecule has 9 nitrogen and oxygen atoms in total. The largest absolute Gasteiger partial charge is 0.481 e. The van der Waals surface area contributed by atoms with Gasteiger partial charge in [-0.3, -0.25) is 4.79 Å². The fraction of sp³-hybridized carbons (Fsp3) is 0.292. The Labute approximate surface area is 203 Å². The summed E-state index contributed by atoms with van der Waals surface area (Å²) in [5, 5.41) is 32.2. The molecule has 2 aromatic heterocycles. The summed E-state index contributed by atoms with van der Waals surface area (Å²) >= 11 is 0. The van der Waals surface area contributed by atoms with Gasteiger partial charge < -0.3 is 30.1 Å². The van der Waals surface area contributed by atoms with Crippen molar-refractivity contribution in [3.05, 3.63) is 71.3 Å². The molecule has 4 unspecified atom stereocenters. The highest BCUT2D eigenvalue weighted by Crippen LogP contribution is 2.36. The average molecular weight is 505 g/mol. The zero-order valence-electron chi connectivity index (χ0n) is 18.9. The Morgan fingerprint density at radius 1 is 1.17 bits per heavy atom. The molecule has 0 bridgehead atoms. The van der Waals surface area contributed by atoms with Crippen molar-refractivity contribution in [2.75, 3.05) is 19.0 Å². The molecule has 3 aromatic rings. The van der Waals surface area contributed by atoms with Crippen LogP contribution in [0.5, 0.6) is 5.88 Å². The lowest BCUT2D eigenvalue weighted by atomic mass is 9.94. The molecule has 0 radical (unpaired) electrons. The minimum absolute atomic E-state index is 0.0694. The third-order valence-corrected chi connectivity index (χ3v) is 5.74. The first-order valence-corrected chi connectivity index (χ1v) is 10.8. The number of nitrogens with zero attached hydrogens (tertiary/aromatic N) is 2. The average Bonchev–Trinajstić information content (AvgIpc) is 2.86. The van der Waals surface area contributed by atoms with E-state index in [4.69, 9.17) is 9.47 Å².